The summed E-state index contributed by atoms with van der Waals surface area (Å²) in [6, 6.07) is 0. The Labute approximate surface area is 100 Å². The molecule has 0 aromatic carbocycles. The first kappa shape index (κ1) is 10.8. The Morgan fingerprint density at radius 2 is 2.06 bits per heavy atom. The van der Waals surface area contributed by atoms with Crippen LogP contribution < -0.4 is 0 Å². The van der Waals surface area contributed by atoms with E-state index in [-0.39, 0.29) is 11.2 Å². The summed E-state index contributed by atoms with van der Waals surface area (Å²) in [7, 11) is 0. The van der Waals surface area contributed by atoms with Gasteiger partial charge in [-0.2, -0.15) is 0 Å². The lowest BCUT2D eigenvalue weighted by atomic mass is 9.89. The van der Waals surface area contributed by atoms with E-state index in [1.54, 1.807) is 0 Å². The molecule has 2 aliphatic carbocycles. The molecule has 0 radical (unpaired) electrons. The molecule has 1 heterocycles. The molecule has 4 heteroatoms. The average molecular weight is 235 g/mol. The molecule has 0 bridgehead atoms. The molecule has 2 fully saturated rings. The third-order valence-electron chi connectivity index (χ3n) is 4.04. The average Bonchev–Trinajstić information content (AvgIpc) is 2.87. The molecule has 1 aromatic rings. The highest BCUT2D eigenvalue weighted by atomic mass is 16.4. The molecule has 1 N–H and O–H groups in total. The van der Waals surface area contributed by atoms with Crippen LogP contribution >= 0.6 is 0 Å². The maximum absolute atomic E-state index is 11.2. The molecule has 92 valence electrons. The fraction of sp³-hybridized carbons (Fsp3) is 0.692. The standard InChI is InChI=1S/C13H17NO3/c1-13(6-2-3-7-13)12-14-9(8-4-5-8)10(17-12)11(15)16/h8H,2-7H2,1H3,(H,15,16). The van der Waals surface area contributed by atoms with Gasteiger partial charge in [-0.1, -0.05) is 19.8 Å². The molecule has 0 saturated heterocycles. The predicted molar refractivity (Wildman–Crippen MR) is 61.3 cm³/mol. The third-order valence-corrected chi connectivity index (χ3v) is 4.04. The van der Waals surface area contributed by atoms with E-state index in [0.717, 1.165) is 25.7 Å². The first-order chi connectivity index (χ1) is 8.10. The van der Waals surface area contributed by atoms with Crippen molar-refractivity contribution in [1.82, 2.24) is 4.98 Å². The summed E-state index contributed by atoms with van der Waals surface area (Å²) < 4.78 is 5.55. The Kier molecular flexibility index (Phi) is 2.28. The molecule has 17 heavy (non-hydrogen) atoms. The van der Waals surface area contributed by atoms with Crippen molar-refractivity contribution < 1.29 is 14.3 Å². The lowest BCUT2D eigenvalue weighted by molar-refractivity contribution is 0.0656. The Balaban J connectivity index is 2.00. The second-order valence-electron chi connectivity index (χ2n) is 5.58. The number of carbonyl (C=O) groups is 1. The van der Waals surface area contributed by atoms with Crippen LogP contribution in [0.4, 0.5) is 0 Å². The number of rotatable bonds is 3. The predicted octanol–water partition coefficient (Wildman–Crippen LogP) is 3.08. The van der Waals surface area contributed by atoms with Gasteiger partial charge in [-0.15, -0.1) is 0 Å². The van der Waals surface area contributed by atoms with E-state index in [2.05, 4.69) is 11.9 Å². The van der Waals surface area contributed by atoms with Crippen LogP contribution in [0.25, 0.3) is 0 Å². The molecule has 0 amide bonds. The fourth-order valence-corrected chi connectivity index (χ4v) is 2.75. The molecular weight excluding hydrogens is 218 g/mol. The highest BCUT2D eigenvalue weighted by Crippen LogP contribution is 2.45. The number of carboxylic acid groups (broad SMARTS) is 1. The molecule has 0 spiro atoms. The zero-order chi connectivity index (χ0) is 12.0. The first-order valence-electron chi connectivity index (χ1n) is 6.35. The SMILES string of the molecule is CC1(c2nc(C3CC3)c(C(=O)O)o2)CCCC1. The minimum Gasteiger partial charge on any atom is -0.475 e. The van der Waals surface area contributed by atoms with Crippen LogP contribution in [0.2, 0.25) is 0 Å². The van der Waals surface area contributed by atoms with Gasteiger partial charge in [0.25, 0.3) is 0 Å². The summed E-state index contributed by atoms with van der Waals surface area (Å²) in [5, 5.41) is 9.15. The number of hydrogen-bond acceptors (Lipinski definition) is 3. The van der Waals surface area contributed by atoms with Crippen molar-refractivity contribution in [2.45, 2.75) is 56.8 Å². The van der Waals surface area contributed by atoms with Gasteiger partial charge in [0.15, 0.2) is 0 Å². The Hall–Kier alpha value is -1.32. The van der Waals surface area contributed by atoms with Crippen LogP contribution in [0, 0.1) is 0 Å². The highest BCUT2D eigenvalue weighted by molar-refractivity contribution is 5.86. The van der Waals surface area contributed by atoms with Crippen molar-refractivity contribution in [3.8, 4) is 0 Å². The number of aromatic nitrogens is 1. The zero-order valence-corrected chi connectivity index (χ0v) is 10.0. The van der Waals surface area contributed by atoms with Crippen molar-refractivity contribution >= 4 is 5.97 Å². The van der Waals surface area contributed by atoms with E-state index >= 15 is 0 Å². The normalized spacial score (nSPS) is 22.9. The topological polar surface area (TPSA) is 63.3 Å². The van der Waals surface area contributed by atoms with Crippen LogP contribution in [-0.4, -0.2) is 16.1 Å². The van der Waals surface area contributed by atoms with E-state index < -0.39 is 5.97 Å². The summed E-state index contributed by atoms with van der Waals surface area (Å²) in [5.41, 5.74) is 0.637. The van der Waals surface area contributed by atoms with Crippen LogP contribution in [0.3, 0.4) is 0 Å². The van der Waals surface area contributed by atoms with Crippen molar-refractivity contribution in [3.63, 3.8) is 0 Å². The van der Waals surface area contributed by atoms with Gasteiger partial charge in [0.05, 0.1) is 5.69 Å². The lowest BCUT2D eigenvalue weighted by Gasteiger charge is -2.18. The monoisotopic (exact) mass is 235 g/mol. The molecular formula is C13H17NO3. The molecule has 3 rings (SSSR count). The summed E-state index contributed by atoms with van der Waals surface area (Å²) >= 11 is 0. The number of nitrogens with zero attached hydrogens (tertiary/aromatic N) is 1. The van der Waals surface area contributed by atoms with E-state index in [0.29, 0.717) is 17.5 Å². The van der Waals surface area contributed by atoms with Gasteiger partial charge in [0.2, 0.25) is 11.7 Å². The molecule has 0 aliphatic heterocycles. The smallest absolute Gasteiger partial charge is 0.373 e. The minimum atomic E-state index is -0.979. The minimum absolute atomic E-state index is 0.0443. The first-order valence-corrected chi connectivity index (χ1v) is 6.35. The van der Waals surface area contributed by atoms with Gasteiger partial charge >= 0.3 is 5.97 Å². The second-order valence-corrected chi connectivity index (χ2v) is 5.58. The van der Waals surface area contributed by atoms with E-state index in [1.165, 1.54) is 12.8 Å². The maximum Gasteiger partial charge on any atom is 0.373 e. The van der Waals surface area contributed by atoms with Crippen molar-refractivity contribution in [3.05, 3.63) is 17.3 Å². The molecule has 4 nitrogen and oxygen atoms in total. The Morgan fingerprint density at radius 3 is 2.59 bits per heavy atom. The summed E-state index contributed by atoms with van der Waals surface area (Å²) in [4.78, 5) is 15.7. The van der Waals surface area contributed by atoms with E-state index in [4.69, 9.17) is 9.52 Å². The lowest BCUT2D eigenvalue weighted by Crippen LogP contribution is -2.17. The van der Waals surface area contributed by atoms with Gasteiger partial charge in [-0.05, 0) is 25.7 Å². The van der Waals surface area contributed by atoms with Crippen LogP contribution in [0.15, 0.2) is 4.42 Å². The number of carboxylic acids is 1. The van der Waals surface area contributed by atoms with Crippen molar-refractivity contribution in [1.29, 1.82) is 0 Å². The number of oxazole rings is 1. The number of aromatic carboxylic acids is 1. The van der Waals surface area contributed by atoms with Crippen molar-refractivity contribution in [2.24, 2.45) is 0 Å². The van der Waals surface area contributed by atoms with Crippen LogP contribution in [-0.2, 0) is 5.41 Å². The van der Waals surface area contributed by atoms with Gasteiger partial charge < -0.3 is 9.52 Å². The molecule has 0 unspecified atom stereocenters. The van der Waals surface area contributed by atoms with Gasteiger partial charge in [0.1, 0.15) is 0 Å². The number of hydrogen-bond donors (Lipinski definition) is 1. The van der Waals surface area contributed by atoms with E-state index in [9.17, 15) is 4.79 Å². The Morgan fingerprint density at radius 1 is 1.41 bits per heavy atom. The maximum atomic E-state index is 11.2. The molecule has 2 saturated carbocycles. The van der Waals surface area contributed by atoms with Gasteiger partial charge in [-0.3, -0.25) is 0 Å². The van der Waals surface area contributed by atoms with Crippen LogP contribution in [0.5, 0.6) is 0 Å². The summed E-state index contributed by atoms with van der Waals surface area (Å²) in [6.45, 7) is 2.13. The summed E-state index contributed by atoms with van der Waals surface area (Å²) in [6.07, 6.45) is 6.55. The summed E-state index contributed by atoms with van der Waals surface area (Å²) in [5.74, 6) is 0.0702. The molecule has 1 aromatic heterocycles. The van der Waals surface area contributed by atoms with Crippen LogP contribution in [0.1, 0.15) is 73.5 Å². The largest absolute Gasteiger partial charge is 0.475 e. The fourth-order valence-electron chi connectivity index (χ4n) is 2.75. The zero-order valence-electron chi connectivity index (χ0n) is 10.0. The second kappa shape index (κ2) is 3.59. The van der Waals surface area contributed by atoms with E-state index in [1.807, 2.05) is 0 Å². The van der Waals surface area contributed by atoms with Gasteiger partial charge in [0, 0.05) is 11.3 Å². The quantitative estimate of drug-likeness (QED) is 0.874. The molecule has 0 atom stereocenters. The third kappa shape index (κ3) is 1.75. The van der Waals surface area contributed by atoms with Crippen molar-refractivity contribution in [2.75, 3.05) is 0 Å². The highest BCUT2D eigenvalue weighted by Gasteiger charge is 2.40. The van der Waals surface area contributed by atoms with Gasteiger partial charge in [-0.25, -0.2) is 9.78 Å². The molecule has 2 aliphatic rings. The Bertz CT molecular complexity index is 453.